The highest BCUT2D eigenvalue weighted by atomic mass is 35.5. The summed E-state index contributed by atoms with van der Waals surface area (Å²) in [4.78, 5) is 0. The normalized spacial score (nSPS) is 21.2. The second-order valence-corrected chi connectivity index (χ2v) is 4.38. The van der Waals surface area contributed by atoms with E-state index >= 15 is 0 Å². The molecular weight excluding hydrogens is 226 g/mol. The summed E-state index contributed by atoms with van der Waals surface area (Å²) >= 11 is 5.86. The molecule has 90 valence electrons. The molecule has 0 radical (unpaired) electrons. The van der Waals surface area contributed by atoms with Crippen molar-refractivity contribution in [2.24, 2.45) is 0 Å². The number of aromatic nitrogens is 3. The Hall–Kier alpha value is -0.610. The Morgan fingerprint density at radius 2 is 2.31 bits per heavy atom. The number of hydrogen-bond acceptors (Lipinski definition) is 3. The van der Waals surface area contributed by atoms with Gasteiger partial charge in [0.05, 0.1) is 5.88 Å². The van der Waals surface area contributed by atoms with E-state index in [9.17, 15) is 0 Å². The Bertz CT molecular complexity index is 334. The summed E-state index contributed by atoms with van der Waals surface area (Å²) < 4.78 is 7.86. The molecule has 0 aliphatic carbocycles. The number of hydrogen-bond donors (Lipinski definition) is 0. The van der Waals surface area contributed by atoms with Crippen LogP contribution < -0.4 is 0 Å². The fourth-order valence-electron chi connectivity index (χ4n) is 2.10. The van der Waals surface area contributed by atoms with Crippen LogP contribution in [0.15, 0.2) is 0 Å². The highest BCUT2D eigenvalue weighted by Crippen LogP contribution is 2.27. The second kappa shape index (κ2) is 5.64. The molecule has 1 fully saturated rings. The third-order valence-corrected chi connectivity index (χ3v) is 3.13. The van der Waals surface area contributed by atoms with Crippen molar-refractivity contribution in [3.63, 3.8) is 0 Å². The zero-order valence-corrected chi connectivity index (χ0v) is 10.4. The van der Waals surface area contributed by atoms with Gasteiger partial charge in [-0.3, -0.25) is 0 Å². The number of halogens is 1. The Morgan fingerprint density at radius 1 is 1.44 bits per heavy atom. The van der Waals surface area contributed by atoms with Gasteiger partial charge in [0.1, 0.15) is 11.9 Å². The maximum Gasteiger partial charge on any atom is 0.162 e. The molecule has 2 rings (SSSR count). The van der Waals surface area contributed by atoms with E-state index in [1.54, 1.807) is 0 Å². The summed E-state index contributed by atoms with van der Waals surface area (Å²) in [6.45, 7) is 3.90. The molecule has 1 aromatic heterocycles. The minimum absolute atomic E-state index is 0.116. The van der Waals surface area contributed by atoms with Gasteiger partial charge in [-0.2, -0.15) is 0 Å². The Labute approximate surface area is 101 Å². The molecule has 1 saturated heterocycles. The zero-order valence-electron chi connectivity index (χ0n) is 9.65. The molecule has 0 aromatic carbocycles. The highest BCUT2D eigenvalue weighted by molar-refractivity contribution is 6.16. The van der Waals surface area contributed by atoms with E-state index in [4.69, 9.17) is 16.3 Å². The fourth-order valence-corrected chi connectivity index (χ4v) is 2.30. The lowest BCUT2D eigenvalue weighted by molar-refractivity contribution is 0.00701. The predicted molar refractivity (Wildman–Crippen MR) is 62.4 cm³/mol. The van der Waals surface area contributed by atoms with Gasteiger partial charge < -0.3 is 9.30 Å². The Morgan fingerprint density at radius 3 is 2.94 bits per heavy atom. The van der Waals surface area contributed by atoms with Crippen LogP contribution in [0.1, 0.15) is 50.4 Å². The largest absolute Gasteiger partial charge is 0.370 e. The summed E-state index contributed by atoms with van der Waals surface area (Å²) in [5.74, 6) is 2.23. The van der Waals surface area contributed by atoms with Gasteiger partial charge in [-0.1, -0.05) is 6.92 Å². The maximum atomic E-state index is 5.86. The highest BCUT2D eigenvalue weighted by Gasteiger charge is 2.23. The van der Waals surface area contributed by atoms with E-state index in [2.05, 4.69) is 21.7 Å². The van der Waals surface area contributed by atoms with Crippen molar-refractivity contribution in [2.75, 3.05) is 6.61 Å². The summed E-state index contributed by atoms with van der Waals surface area (Å²) in [6, 6.07) is 0. The predicted octanol–water partition coefficient (Wildman–Crippen LogP) is 2.67. The van der Waals surface area contributed by atoms with Gasteiger partial charge in [-0.15, -0.1) is 21.8 Å². The van der Waals surface area contributed by atoms with E-state index in [1.165, 1.54) is 6.42 Å². The van der Waals surface area contributed by atoms with Gasteiger partial charge in [-0.25, -0.2) is 0 Å². The van der Waals surface area contributed by atoms with Crippen molar-refractivity contribution in [1.29, 1.82) is 0 Å². The first-order valence-corrected chi connectivity index (χ1v) is 6.49. The lowest BCUT2D eigenvalue weighted by Gasteiger charge is -2.22. The molecule has 0 N–H and O–H groups in total. The van der Waals surface area contributed by atoms with Crippen LogP contribution in [-0.2, 0) is 17.2 Å². The summed E-state index contributed by atoms with van der Waals surface area (Å²) in [5, 5.41) is 8.36. The minimum atomic E-state index is 0.116. The molecule has 1 atom stereocenters. The topological polar surface area (TPSA) is 39.9 Å². The molecule has 1 aliphatic rings. The first-order valence-electron chi connectivity index (χ1n) is 5.96. The monoisotopic (exact) mass is 243 g/mol. The molecule has 2 heterocycles. The van der Waals surface area contributed by atoms with E-state index in [1.807, 2.05) is 0 Å². The van der Waals surface area contributed by atoms with Crippen molar-refractivity contribution < 1.29 is 4.74 Å². The van der Waals surface area contributed by atoms with Gasteiger partial charge in [-0.05, 0) is 25.7 Å². The quantitative estimate of drug-likeness (QED) is 0.764. The molecule has 4 nitrogen and oxygen atoms in total. The van der Waals surface area contributed by atoms with E-state index in [0.29, 0.717) is 5.88 Å². The molecule has 0 spiro atoms. The maximum absolute atomic E-state index is 5.86. The van der Waals surface area contributed by atoms with Crippen molar-refractivity contribution in [3.8, 4) is 0 Å². The minimum Gasteiger partial charge on any atom is -0.370 e. The summed E-state index contributed by atoms with van der Waals surface area (Å²) in [5.41, 5.74) is 0. The first kappa shape index (κ1) is 11.9. The lowest BCUT2D eigenvalue weighted by atomic mass is 10.1. The number of alkyl halides is 1. The van der Waals surface area contributed by atoms with Gasteiger partial charge >= 0.3 is 0 Å². The van der Waals surface area contributed by atoms with E-state index < -0.39 is 0 Å². The average Bonchev–Trinajstić information content (AvgIpc) is 2.74. The van der Waals surface area contributed by atoms with Crippen LogP contribution in [0.4, 0.5) is 0 Å². The molecule has 1 unspecified atom stereocenters. The van der Waals surface area contributed by atoms with Crippen LogP contribution in [0.25, 0.3) is 0 Å². The van der Waals surface area contributed by atoms with Gasteiger partial charge in [0.2, 0.25) is 0 Å². The summed E-state index contributed by atoms with van der Waals surface area (Å²) in [6.07, 6.45) is 4.58. The van der Waals surface area contributed by atoms with Crippen LogP contribution in [0, 0.1) is 0 Å². The molecule has 0 saturated carbocycles. The molecule has 16 heavy (non-hydrogen) atoms. The van der Waals surface area contributed by atoms with Crippen molar-refractivity contribution in [2.45, 2.75) is 51.1 Å². The number of nitrogens with zero attached hydrogens (tertiary/aromatic N) is 3. The van der Waals surface area contributed by atoms with Crippen LogP contribution >= 0.6 is 11.6 Å². The third-order valence-electron chi connectivity index (χ3n) is 2.89. The standard InChI is InChI=1S/C11H18ClN3O/c1-2-6-15-10(8-12)13-14-11(15)9-5-3-4-7-16-9/h9H,2-8H2,1H3. The smallest absolute Gasteiger partial charge is 0.162 e. The number of rotatable bonds is 4. The van der Waals surface area contributed by atoms with Crippen LogP contribution in [0.2, 0.25) is 0 Å². The SMILES string of the molecule is CCCn1c(CCl)nnc1C1CCCCO1. The zero-order chi connectivity index (χ0) is 11.4. The van der Waals surface area contributed by atoms with Gasteiger partial charge in [0.25, 0.3) is 0 Å². The van der Waals surface area contributed by atoms with E-state index in [0.717, 1.165) is 44.1 Å². The Balaban J connectivity index is 2.20. The summed E-state index contributed by atoms with van der Waals surface area (Å²) in [7, 11) is 0. The molecule has 0 amide bonds. The second-order valence-electron chi connectivity index (χ2n) is 4.11. The molecule has 0 bridgehead atoms. The van der Waals surface area contributed by atoms with Crippen molar-refractivity contribution in [1.82, 2.24) is 14.8 Å². The van der Waals surface area contributed by atoms with Crippen LogP contribution in [-0.4, -0.2) is 21.4 Å². The first-order chi connectivity index (χ1) is 7.86. The average molecular weight is 244 g/mol. The van der Waals surface area contributed by atoms with Crippen LogP contribution in [0.5, 0.6) is 0 Å². The van der Waals surface area contributed by atoms with E-state index in [-0.39, 0.29) is 6.10 Å². The third kappa shape index (κ3) is 2.38. The van der Waals surface area contributed by atoms with Gasteiger partial charge in [0.15, 0.2) is 5.82 Å². The molecular formula is C11H18ClN3O. The molecule has 1 aromatic rings. The molecule has 1 aliphatic heterocycles. The van der Waals surface area contributed by atoms with Gasteiger partial charge in [0, 0.05) is 13.2 Å². The molecule has 5 heteroatoms. The van der Waals surface area contributed by atoms with Crippen molar-refractivity contribution >= 4 is 11.6 Å². The lowest BCUT2D eigenvalue weighted by Crippen LogP contribution is -2.17. The van der Waals surface area contributed by atoms with Crippen molar-refractivity contribution in [3.05, 3.63) is 11.6 Å². The number of ether oxygens (including phenoxy) is 1. The van der Waals surface area contributed by atoms with Crippen LogP contribution in [0.3, 0.4) is 0 Å². The fraction of sp³-hybridized carbons (Fsp3) is 0.818. The Kier molecular flexibility index (Phi) is 4.18.